The van der Waals surface area contributed by atoms with Crippen LogP contribution in [0, 0.1) is 5.92 Å². The highest BCUT2D eigenvalue weighted by atomic mass is 16.5. The molecular formula is C20H31NO3. The Kier molecular flexibility index (Phi) is 6.95. The zero-order valence-corrected chi connectivity index (χ0v) is 15.5. The minimum Gasteiger partial charge on any atom is -0.493 e. The fraction of sp³-hybridized carbons (Fsp3) is 0.650. The number of ether oxygens (including phenoxy) is 2. The van der Waals surface area contributed by atoms with Crippen molar-refractivity contribution in [2.24, 2.45) is 5.92 Å². The summed E-state index contributed by atoms with van der Waals surface area (Å²) in [6.45, 7) is 5.09. The second-order valence-corrected chi connectivity index (χ2v) is 6.90. The summed E-state index contributed by atoms with van der Waals surface area (Å²) in [6.07, 6.45) is 6.69. The van der Waals surface area contributed by atoms with Gasteiger partial charge in [-0.3, -0.25) is 4.79 Å². The van der Waals surface area contributed by atoms with Crippen molar-refractivity contribution in [1.82, 2.24) is 4.90 Å². The van der Waals surface area contributed by atoms with E-state index in [9.17, 15) is 4.79 Å². The van der Waals surface area contributed by atoms with Crippen molar-refractivity contribution in [1.29, 1.82) is 0 Å². The Bertz CT molecular complexity index is 536. The minimum absolute atomic E-state index is 0.0629. The van der Waals surface area contributed by atoms with E-state index in [1.807, 2.05) is 24.1 Å². The number of carbonyl (C=O) groups excluding carboxylic acids is 1. The van der Waals surface area contributed by atoms with Gasteiger partial charge in [0.05, 0.1) is 13.7 Å². The van der Waals surface area contributed by atoms with Crippen molar-refractivity contribution in [3.63, 3.8) is 0 Å². The van der Waals surface area contributed by atoms with Crippen molar-refractivity contribution < 1.29 is 14.3 Å². The van der Waals surface area contributed by atoms with Crippen molar-refractivity contribution in [2.75, 3.05) is 20.8 Å². The summed E-state index contributed by atoms with van der Waals surface area (Å²) in [5.74, 6) is 2.18. The molecule has 0 atom stereocenters. The molecule has 0 saturated heterocycles. The monoisotopic (exact) mass is 333 g/mol. The third-order valence-corrected chi connectivity index (χ3v) is 5.02. The molecule has 24 heavy (non-hydrogen) atoms. The summed E-state index contributed by atoms with van der Waals surface area (Å²) in [5.41, 5.74) is 0.663. The maximum Gasteiger partial charge on any atom is 0.253 e. The molecule has 1 fully saturated rings. The molecule has 0 radical (unpaired) electrons. The van der Waals surface area contributed by atoms with E-state index in [1.165, 1.54) is 12.8 Å². The Hall–Kier alpha value is -1.71. The number of unbranched alkanes of at least 4 members (excludes halogenated alkanes) is 1. The average Bonchev–Trinajstić information content (AvgIpc) is 2.61. The van der Waals surface area contributed by atoms with Crippen LogP contribution < -0.4 is 9.47 Å². The number of rotatable bonds is 7. The van der Waals surface area contributed by atoms with Crippen LogP contribution in [-0.2, 0) is 0 Å². The Labute approximate surface area is 146 Å². The van der Waals surface area contributed by atoms with Crippen LogP contribution in [0.3, 0.4) is 0 Å². The Morgan fingerprint density at radius 3 is 2.54 bits per heavy atom. The van der Waals surface area contributed by atoms with Crippen molar-refractivity contribution in [3.05, 3.63) is 23.8 Å². The minimum atomic E-state index is 0.0629. The van der Waals surface area contributed by atoms with Crippen LogP contribution in [0.2, 0.25) is 0 Å². The van der Waals surface area contributed by atoms with Crippen molar-refractivity contribution in [3.8, 4) is 11.5 Å². The summed E-state index contributed by atoms with van der Waals surface area (Å²) in [7, 11) is 3.53. The number of methoxy groups -OCH3 is 1. The van der Waals surface area contributed by atoms with Gasteiger partial charge >= 0.3 is 0 Å². The second kappa shape index (κ2) is 8.95. The molecule has 0 heterocycles. The molecule has 1 saturated carbocycles. The SMILES string of the molecule is CCCCOc1ccc(C(=O)N(C)C2CCC(C)CC2)cc1OC. The van der Waals surface area contributed by atoms with Gasteiger partial charge < -0.3 is 14.4 Å². The van der Waals surface area contributed by atoms with E-state index in [0.717, 1.165) is 31.6 Å². The molecule has 1 aromatic rings. The van der Waals surface area contributed by atoms with Crippen LogP contribution in [0.4, 0.5) is 0 Å². The first kappa shape index (κ1) is 18.6. The predicted molar refractivity (Wildman–Crippen MR) is 96.9 cm³/mol. The second-order valence-electron chi connectivity index (χ2n) is 6.90. The fourth-order valence-corrected chi connectivity index (χ4v) is 3.25. The van der Waals surface area contributed by atoms with E-state index in [0.29, 0.717) is 29.7 Å². The van der Waals surface area contributed by atoms with Gasteiger partial charge in [-0.15, -0.1) is 0 Å². The van der Waals surface area contributed by atoms with E-state index >= 15 is 0 Å². The highest BCUT2D eigenvalue weighted by molar-refractivity contribution is 5.95. The molecule has 0 aromatic heterocycles. The molecular weight excluding hydrogens is 302 g/mol. The molecule has 0 spiro atoms. The molecule has 1 amide bonds. The number of benzene rings is 1. The molecule has 0 N–H and O–H groups in total. The lowest BCUT2D eigenvalue weighted by Crippen LogP contribution is -2.39. The molecule has 4 nitrogen and oxygen atoms in total. The normalized spacial score (nSPS) is 20.5. The van der Waals surface area contributed by atoms with Crippen LogP contribution >= 0.6 is 0 Å². The van der Waals surface area contributed by atoms with Gasteiger partial charge in [-0.1, -0.05) is 20.3 Å². The molecule has 4 heteroatoms. The van der Waals surface area contributed by atoms with E-state index < -0.39 is 0 Å². The topological polar surface area (TPSA) is 38.8 Å². The van der Waals surface area contributed by atoms with E-state index in [-0.39, 0.29) is 5.91 Å². The summed E-state index contributed by atoms with van der Waals surface area (Å²) in [4.78, 5) is 14.7. The highest BCUT2D eigenvalue weighted by Crippen LogP contribution is 2.31. The third kappa shape index (κ3) is 4.65. The lowest BCUT2D eigenvalue weighted by Gasteiger charge is -2.33. The van der Waals surface area contributed by atoms with Gasteiger partial charge in [0.2, 0.25) is 0 Å². The zero-order valence-electron chi connectivity index (χ0n) is 15.5. The number of nitrogens with zero attached hydrogens (tertiary/aromatic N) is 1. The van der Waals surface area contributed by atoms with Crippen molar-refractivity contribution >= 4 is 5.91 Å². The number of amides is 1. The van der Waals surface area contributed by atoms with E-state index in [1.54, 1.807) is 13.2 Å². The molecule has 0 bridgehead atoms. The average molecular weight is 333 g/mol. The fourth-order valence-electron chi connectivity index (χ4n) is 3.25. The molecule has 1 aliphatic rings. The maximum atomic E-state index is 12.8. The maximum absolute atomic E-state index is 12.8. The first-order chi connectivity index (χ1) is 11.6. The van der Waals surface area contributed by atoms with Gasteiger partial charge in [0, 0.05) is 18.7 Å². The highest BCUT2D eigenvalue weighted by Gasteiger charge is 2.26. The van der Waals surface area contributed by atoms with E-state index in [2.05, 4.69) is 13.8 Å². The van der Waals surface area contributed by atoms with Gasteiger partial charge in [0.15, 0.2) is 11.5 Å². The molecule has 0 aliphatic heterocycles. The first-order valence-corrected chi connectivity index (χ1v) is 9.14. The van der Waals surface area contributed by atoms with Gasteiger partial charge in [-0.2, -0.15) is 0 Å². The molecule has 0 unspecified atom stereocenters. The lowest BCUT2D eigenvalue weighted by molar-refractivity contribution is 0.0679. The van der Waals surface area contributed by atoms with Gasteiger partial charge in [0.1, 0.15) is 0 Å². The summed E-state index contributed by atoms with van der Waals surface area (Å²) in [6, 6.07) is 5.83. The van der Waals surface area contributed by atoms with Gasteiger partial charge in [0.25, 0.3) is 5.91 Å². The van der Waals surface area contributed by atoms with Gasteiger partial charge in [-0.05, 0) is 56.2 Å². The van der Waals surface area contributed by atoms with Crippen LogP contribution in [0.15, 0.2) is 18.2 Å². The lowest BCUT2D eigenvalue weighted by atomic mass is 9.86. The Balaban J connectivity index is 2.05. The van der Waals surface area contributed by atoms with E-state index in [4.69, 9.17) is 9.47 Å². The zero-order chi connectivity index (χ0) is 17.5. The summed E-state index contributed by atoms with van der Waals surface area (Å²) < 4.78 is 11.2. The van der Waals surface area contributed by atoms with Gasteiger partial charge in [-0.25, -0.2) is 0 Å². The molecule has 1 aromatic carbocycles. The van der Waals surface area contributed by atoms with Crippen LogP contribution in [0.5, 0.6) is 11.5 Å². The van der Waals surface area contributed by atoms with Crippen molar-refractivity contribution in [2.45, 2.75) is 58.4 Å². The standard InChI is InChI=1S/C20H31NO3/c1-5-6-13-24-18-12-9-16(14-19(18)23-4)20(22)21(3)17-10-7-15(2)8-11-17/h9,12,14-15,17H,5-8,10-11,13H2,1-4H3. The number of hydrogen-bond donors (Lipinski definition) is 0. The van der Waals surface area contributed by atoms with Crippen LogP contribution in [0.25, 0.3) is 0 Å². The Morgan fingerprint density at radius 1 is 1.21 bits per heavy atom. The smallest absolute Gasteiger partial charge is 0.253 e. The van der Waals surface area contributed by atoms with Crippen LogP contribution in [0.1, 0.15) is 62.7 Å². The summed E-state index contributed by atoms with van der Waals surface area (Å²) >= 11 is 0. The third-order valence-electron chi connectivity index (χ3n) is 5.02. The number of carbonyl (C=O) groups is 1. The first-order valence-electron chi connectivity index (χ1n) is 9.14. The summed E-state index contributed by atoms with van der Waals surface area (Å²) in [5, 5.41) is 0. The number of hydrogen-bond acceptors (Lipinski definition) is 3. The molecule has 1 aliphatic carbocycles. The molecule has 2 rings (SSSR count). The molecule has 134 valence electrons. The Morgan fingerprint density at radius 2 is 1.92 bits per heavy atom. The predicted octanol–water partition coefficient (Wildman–Crippen LogP) is 4.52. The van der Waals surface area contributed by atoms with Crippen LogP contribution in [-0.4, -0.2) is 37.6 Å². The quantitative estimate of drug-likeness (QED) is 0.688. The largest absolute Gasteiger partial charge is 0.493 e.